The molecule has 0 spiro atoms. The molecule has 90 valence electrons. The number of aromatic carboxylic acids is 1. The number of thiophene rings is 1. The van der Waals surface area contributed by atoms with Crippen molar-refractivity contribution in [2.75, 3.05) is 0 Å². The number of carboxylic acids is 1. The van der Waals surface area contributed by atoms with Crippen LogP contribution in [0.2, 0.25) is 4.34 Å². The second kappa shape index (κ2) is 4.50. The number of nitrogens with zero attached hydrogens (tertiary/aromatic N) is 2. The maximum Gasteiger partial charge on any atom is 0.339 e. The molecule has 0 aliphatic heterocycles. The molecule has 0 amide bonds. The highest BCUT2D eigenvalue weighted by Crippen LogP contribution is 2.23. The predicted octanol–water partition coefficient (Wildman–Crippen LogP) is 2.96. The fourth-order valence-corrected chi connectivity index (χ4v) is 2.81. The summed E-state index contributed by atoms with van der Waals surface area (Å²) in [6, 6.07) is 3.75. The highest BCUT2D eigenvalue weighted by Gasteiger charge is 2.17. The Bertz CT molecular complexity index is 574. The molecular weight excluding hydrogens is 260 g/mol. The molecule has 0 radical (unpaired) electrons. The van der Waals surface area contributed by atoms with E-state index in [4.69, 9.17) is 16.7 Å². The zero-order valence-electron chi connectivity index (χ0n) is 9.40. The van der Waals surface area contributed by atoms with E-state index in [1.54, 1.807) is 18.5 Å². The van der Waals surface area contributed by atoms with Crippen molar-refractivity contribution in [1.29, 1.82) is 0 Å². The number of carboxylic acid groups (broad SMARTS) is 1. The van der Waals surface area contributed by atoms with Gasteiger partial charge in [0.25, 0.3) is 0 Å². The van der Waals surface area contributed by atoms with Gasteiger partial charge in [-0.05, 0) is 26.0 Å². The van der Waals surface area contributed by atoms with Crippen molar-refractivity contribution in [2.45, 2.75) is 20.4 Å². The first kappa shape index (κ1) is 12.1. The van der Waals surface area contributed by atoms with Gasteiger partial charge in [-0.2, -0.15) is 5.10 Å². The Kier molecular flexibility index (Phi) is 3.22. The van der Waals surface area contributed by atoms with E-state index in [1.807, 2.05) is 12.1 Å². The number of rotatable bonds is 3. The van der Waals surface area contributed by atoms with Crippen LogP contribution in [0, 0.1) is 13.8 Å². The summed E-state index contributed by atoms with van der Waals surface area (Å²) in [7, 11) is 0. The van der Waals surface area contributed by atoms with Crippen molar-refractivity contribution >= 4 is 28.9 Å². The summed E-state index contributed by atoms with van der Waals surface area (Å²) in [5.74, 6) is -0.935. The van der Waals surface area contributed by atoms with E-state index in [2.05, 4.69) is 5.10 Å². The van der Waals surface area contributed by atoms with Gasteiger partial charge < -0.3 is 5.11 Å². The third-order valence-electron chi connectivity index (χ3n) is 2.53. The first-order chi connectivity index (χ1) is 7.99. The lowest BCUT2D eigenvalue weighted by molar-refractivity contribution is 0.0695. The van der Waals surface area contributed by atoms with Crippen LogP contribution in [0.1, 0.15) is 26.6 Å². The van der Waals surface area contributed by atoms with Gasteiger partial charge in [0.05, 0.1) is 22.3 Å². The number of carbonyl (C=O) groups is 1. The van der Waals surface area contributed by atoms with Crippen LogP contribution in [0.3, 0.4) is 0 Å². The minimum atomic E-state index is -0.935. The van der Waals surface area contributed by atoms with Crippen LogP contribution >= 0.6 is 22.9 Å². The monoisotopic (exact) mass is 270 g/mol. The summed E-state index contributed by atoms with van der Waals surface area (Å²) in [4.78, 5) is 12.1. The lowest BCUT2D eigenvalue weighted by Gasteiger charge is -2.01. The Morgan fingerprint density at radius 3 is 2.71 bits per heavy atom. The van der Waals surface area contributed by atoms with E-state index in [1.165, 1.54) is 11.3 Å². The van der Waals surface area contributed by atoms with Crippen molar-refractivity contribution in [3.63, 3.8) is 0 Å². The van der Waals surface area contributed by atoms with Gasteiger partial charge in [-0.1, -0.05) is 11.6 Å². The molecule has 0 atom stereocenters. The van der Waals surface area contributed by atoms with Crippen molar-refractivity contribution in [3.05, 3.63) is 38.3 Å². The SMILES string of the molecule is Cc1nn(Cc2ccc(Cl)s2)c(C)c1C(=O)O. The molecule has 1 N–H and O–H groups in total. The number of aromatic nitrogens is 2. The van der Waals surface area contributed by atoms with Crippen LogP contribution < -0.4 is 0 Å². The van der Waals surface area contributed by atoms with Gasteiger partial charge in [-0.15, -0.1) is 11.3 Å². The Morgan fingerprint density at radius 1 is 1.53 bits per heavy atom. The average Bonchev–Trinajstić information content (AvgIpc) is 2.73. The van der Waals surface area contributed by atoms with Crippen LogP contribution in [0.4, 0.5) is 0 Å². The molecule has 0 bridgehead atoms. The molecule has 2 aromatic heterocycles. The molecule has 0 fully saturated rings. The Balaban J connectivity index is 2.34. The van der Waals surface area contributed by atoms with Crippen molar-refractivity contribution < 1.29 is 9.90 Å². The van der Waals surface area contributed by atoms with Gasteiger partial charge in [-0.3, -0.25) is 4.68 Å². The lowest BCUT2D eigenvalue weighted by Crippen LogP contribution is -2.04. The third kappa shape index (κ3) is 2.35. The highest BCUT2D eigenvalue weighted by atomic mass is 35.5. The average molecular weight is 271 g/mol. The molecule has 4 nitrogen and oxygen atoms in total. The van der Waals surface area contributed by atoms with Crippen molar-refractivity contribution in [3.8, 4) is 0 Å². The summed E-state index contributed by atoms with van der Waals surface area (Å²) in [5, 5.41) is 13.3. The fourth-order valence-electron chi connectivity index (χ4n) is 1.74. The second-order valence-electron chi connectivity index (χ2n) is 3.71. The Morgan fingerprint density at radius 2 is 2.24 bits per heavy atom. The fraction of sp³-hybridized carbons (Fsp3) is 0.273. The first-order valence-corrected chi connectivity index (χ1v) is 6.20. The zero-order valence-corrected chi connectivity index (χ0v) is 11.0. The number of hydrogen-bond acceptors (Lipinski definition) is 3. The molecule has 17 heavy (non-hydrogen) atoms. The van der Waals surface area contributed by atoms with E-state index < -0.39 is 5.97 Å². The third-order valence-corrected chi connectivity index (χ3v) is 3.75. The van der Waals surface area contributed by atoms with Gasteiger partial charge in [-0.25, -0.2) is 4.79 Å². The molecular formula is C11H11ClN2O2S. The smallest absolute Gasteiger partial charge is 0.339 e. The molecule has 0 saturated heterocycles. The van der Waals surface area contributed by atoms with Gasteiger partial charge >= 0.3 is 5.97 Å². The highest BCUT2D eigenvalue weighted by molar-refractivity contribution is 7.16. The number of hydrogen-bond donors (Lipinski definition) is 1. The Hall–Kier alpha value is -1.33. The first-order valence-electron chi connectivity index (χ1n) is 5.00. The van der Waals surface area contributed by atoms with Gasteiger partial charge in [0.1, 0.15) is 5.56 Å². The zero-order chi connectivity index (χ0) is 12.6. The number of halogens is 1. The molecule has 2 heterocycles. The largest absolute Gasteiger partial charge is 0.478 e. The van der Waals surface area contributed by atoms with E-state index >= 15 is 0 Å². The number of aryl methyl sites for hydroxylation is 1. The lowest BCUT2D eigenvalue weighted by atomic mass is 10.2. The van der Waals surface area contributed by atoms with Gasteiger partial charge in [0, 0.05) is 4.88 Å². The van der Waals surface area contributed by atoms with E-state index in [-0.39, 0.29) is 5.56 Å². The van der Waals surface area contributed by atoms with E-state index in [0.29, 0.717) is 17.9 Å². The van der Waals surface area contributed by atoms with Crippen LogP contribution in [0.25, 0.3) is 0 Å². The molecule has 0 unspecified atom stereocenters. The Labute approximate surface area is 107 Å². The normalized spacial score (nSPS) is 10.8. The van der Waals surface area contributed by atoms with Crippen LogP contribution in [-0.4, -0.2) is 20.9 Å². The minimum Gasteiger partial charge on any atom is -0.478 e. The standard InChI is InChI=1S/C11H11ClN2O2S/c1-6-10(11(15)16)7(2)14(13-6)5-8-3-4-9(12)17-8/h3-4H,5H2,1-2H3,(H,15,16). The maximum atomic E-state index is 11.0. The van der Waals surface area contributed by atoms with E-state index in [0.717, 1.165) is 9.21 Å². The topological polar surface area (TPSA) is 55.1 Å². The van der Waals surface area contributed by atoms with Crippen molar-refractivity contribution in [2.24, 2.45) is 0 Å². The molecule has 0 saturated carbocycles. The van der Waals surface area contributed by atoms with E-state index in [9.17, 15) is 4.79 Å². The minimum absolute atomic E-state index is 0.285. The predicted molar refractivity (Wildman–Crippen MR) is 67.1 cm³/mol. The molecule has 2 rings (SSSR count). The molecule has 0 aliphatic carbocycles. The molecule has 2 aromatic rings. The molecule has 0 aromatic carbocycles. The second-order valence-corrected chi connectivity index (χ2v) is 5.51. The molecule has 6 heteroatoms. The quantitative estimate of drug-likeness (QED) is 0.933. The summed E-state index contributed by atoms with van der Waals surface area (Å²) < 4.78 is 2.42. The summed E-state index contributed by atoms with van der Waals surface area (Å²) in [6.07, 6.45) is 0. The maximum absolute atomic E-state index is 11.0. The van der Waals surface area contributed by atoms with Crippen LogP contribution in [-0.2, 0) is 6.54 Å². The van der Waals surface area contributed by atoms with Gasteiger partial charge in [0.15, 0.2) is 0 Å². The summed E-state index contributed by atoms with van der Waals surface area (Å²) in [6.45, 7) is 4.02. The summed E-state index contributed by atoms with van der Waals surface area (Å²) >= 11 is 7.32. The van der Waals surface area contributed by atoms with Crippen LogP contribution in [0.5, 0.6) is 0 Å². The van der Waals surface area contributed by atoms with Crippen molar-refractivity contribution in [1.82, 2.24) is 9.78 Å². The summed E-state index contributed by atoms with van der Waals surface area (Å²) in [5.41, 5.74) is 1.49. The van der Waals surface area contributed by atoms with Crippen LogP contribution in [0.15, 0.2) is 12.1 Å². The molecule has 0 aliphatic rings. The van der Waals surface area contributed by atoms with Gasteiger partial charge in [0.2, 0.25) is 0 Å².